The molecule has 2 rings (SSSR count). The SMILES string of the molecule is CC/C(=N/N1C(=O)/C(=C/C(=O)OC)N=C1N(C)C)c1ccccc1. The molecule has 1 heterocycles. The predicted molar refractivity (Wildman–Crippen MR) is 91.3 cm³/mol. The average Bonchev–Trinajstić information content (AvgIpc) is 2.89. The van der Waals surface area contributed by atoms with Gasteiger partial charge in [0.25, 0.3) is 5.91 Å². The Labute approximate surface area is 140 Å². The van der Waals surface area contributed by atoms with E-state index in [4.69, 9.17) is 0 Å². The first-order chi connectivity index (χ1) is 11.5. The van der Waals surface area contributed by atoms with Crippen molar-refractivity contribution < 1.29 is 14.3 Å². The molecule has 0 aromatic heterocycles. The largest absolute Gasteiger partial charge is 0.466 e. The first-order valence-electron chi connectivity index (χ1n) is 7.51. The zero-order valence-corrected chi connectivity index (χ0v) is 14.2. The molecule has 0 saturated carbocycles. The number of guanidine groups is 1. The highest BCUT2D eigenvalue weighted by atomic mass is 16.5. The van der Waals surface area contributed by atoms with Crippen molar-refractivity contribution in [2.24, 2.45) is 10.1 Å². The van der Waals surface area contributed by atoms with Gasteiger partial charge >= 0.3 is 5.97 Å². The van der Waals surface area contributed by atoms with Gasteiger partial charge in [-0.05, 0) is 12.0 Å². The summed E-state index contributed by atoms with van der Waals surface area (Å²) in [5.74, 6) is -0.757. The van der Waals surface area contributed by atoms with Crippen LogP contribution in [-0.4, -0.2) is 54.7 Å². The van der Waals surface area contributed by atoms with Crippen LogP contribution in [0.4, 0.5) is 0 Å². The molecule has 0 atom stereocenters. The van der Waals surface area contributed by atoms with Crippen LogP contribution in [-0.2, 0) is 14.3 Å². The number of esters is 1. The monoisotopic (exact) mass is 328 g/mol. The van der Waals surface area contributed by atoms with Crippen molar-refractivity contribution in [2.45, 2.75) is 13.3 Å². The summed E-state index contributed by atoms with van der Waals surface area (Å²) in [7, 11) is 4.75. The fourth-order valence-electron chi connectivity index (χ4n) is 2.13. The van der Waals surface area contributed by atoms with Crippen LogP contribution < -0.4 is 0 Å². The molecule has 1 amide bonds. The predicted octanol–water partition coefficient (Wildman–Crippen LogP) is 1.62. The molecule has 0 spiro atoms. The summed E-state index contributed by atoms with van der Waals surface area (Å²) in [6, 6.07) is 9.61. The molecule has 0 N–H and O–H groups in total. The standard InChI is InChI=1S/C17H20N4O3/c1-5-13(12-9-7-6-8-10-12)19-21-16(23)14(11-15(22)24-4)18-17(21)20(2)3/h6-11H,5H2,1-4H3/b14-11-,19-13-. The van der Waals surface area contributed by atoms with E-state index in [-0.39, 0.29) is 5.70 Å². The Morgan fingerprint density at radius 1 is 1.33 bits per heavy atom. The van der Waals surface area contributed by atoms with E-state index in [0.717, 1.165) is 17.4 Å². The quantitative estimate of drug-likeness (QED) is 0.478. The van der Waals surface area contributed by atoms with E-state index in [1.165, 1.54) is 12.1 Å². The molecule has 1 aliphatic rings. The molecular formula is C17H20N4O3. The molecule has 1 aliphatic heterocycles. The lowest BCUT2D eigenvalue weighted by Crippen LogP contribution is -2.37. The van der Waals surface area contributed by atoms with Gasteiger partial charge in [0.2, 0.25) is 5.96 Å². The molecule has 24 heavy (non-hydrogen) atoms. The smallest absolute Gasteiger partial charge is 0.332 e. The molecule has 0 fully saturated rings. The van der Waals surface area contributed by atoms with Gasteiger partial charge in [0.1, 0.15) is 5.70 Å². The second-order valence-corrected chi connectivity index (χ2v) is 5.24. The lowest BCUT2D eigenvalue weighted by Gasteiger charge is -2.19. The van der Waals surface area contributed by atoms with Crippen LogP contribution >= 0.6 is 0 Å². The summed E-state index contributed by atoms with van der Waals surface area (Å²) in [5, 5.41) is 5.68. The van der Waals surface area contributed by atoms with Crippen LogP contribution in [0.3, 0.4) is 0 Å². The maximum atomic E-state index is 12.6. The minimum atomic E-state index is -0.634. The third-order valence-electron chi connectivity index (χ3n) is 3.34. The second-order valence-electron chi connectivity index (χ2n) is 5.24. The van der Waals surface area contributed by atoms with E-state index in [9.17, 15) is 9.59 Å². The van der Waals surface area contributed by atoms with Crippen LogP contribution in [0.5, 0.6) is 0 Å². The number of carbonyl (C=O) groups excluding carboxylic acids is 2. The third kappa shape index (κ3) is 3.68. The first kappa shape index (κ1) is 17.4. The van der Waals surface area contributed by atoms with Crippen LogP contribution in [0.15, 0.2) is 52.2 Å². The average molecular weight is 328 g/mol. The normalized spacial score (nSPS) is 16.4. The number of hydrazone groups is 1. The Bertz CT molecular complexity index is 721. The molecule has 0 bridgehead atoms. The van der Waals surface area contributed by atoms with Gasteiger partial charge in [-0.15, -0.1) is 0 Å². The van der Waals surface area contributed by atoms with Gasteiger partial charge in [-0.25, -0.2) is 9.79 Å². The summed E-state index contributed by atoms with van der Waals surface area (Å²) in [6.07, 6.45) is 1.71. The number of rotatable bonds is 4. The summed E-state index contributed by atoms with van der Waals surface area (Å²) in [5.41, 5.74) is 1.67. The molecule has 126 valence electrons. The van der Waals surface area contributed by atoms with Crippen molar-refractivity contribution in [1.82, 2.24) is 9.91 Å². The summed E-state index contributed by atoms with van der Waals surface area (Å²) >= 11 is 0. The molecule has 0 unspecified atom stereocenters. The summed E-state index contributed by atoms with van der Waals surface area (Å²) in [4.78, 5) is 29.8. The number of amides is 1. The van der Waals surface area contributed by atoms with E-state index in [2.05, 4.69) is 14.8 Å². The Hall–Kier alpha value is -2.96. The van der Waals surface area contributed by atoms with E-state index in [1.807, 2.05) is 37.3 Å². The second kappa shape index (κ2) is 7.54. The van der Waals surface area contributed by atoms with Crippen molar-refractivity contribution in [3.63, 3.8) is 0 Å². The molecule has 0 radical (unpaired) electrons. The number of methoxy groups -OCH3 is 1. The highest BCUT2D eigenvalue weighted by Crippen LogP contribution is 2.18. The van der Waals surface area contributed by atoms with Crippen LogP contribution in [0.2, 0.25) is 0 Å². The highest BCUT2D eigenvalue weighted by Gasteiger charge is 2.33. The fourth-order valence-corrected chi connectivity index (χ4v) is 2.13. The number of hydrogen-bond acceptors (Lipinski definition) is 6. The van der Waals surface area contributed by atoms with Gasteiger partial charge in [0.05, 0.1) is 18.9 Å². The highest BCUT2D eigenvalue weighted by molar-refractivity contribution is 6.14. The number of hydrogen-bond donors (Lipinski definition) is 0. The first-order valence-corrected chi connectivity index (χ1v) is 7.51. The van der Waals surface area contributed by atoms with Crippen molar-refractivity contribution in [3.05, 3.63) is 47.7 Å². The van der Waals surface area contributed by atoms with Gasteiger partial charge in [-0.3, -0.25) is 4.79 Å². The van der Waals surface area contributed by atoms with Crippen molar-refractivity contribution in [1.29, 1.82) is 0 Å². The van der Waals surface area contributed by atoms with Crippen molar-refractivity contribution >= 4 is 23.5 Å². The van der Waals surface area contributed by atoms with Gasteiger partial charge in [0.15, 0.2) is 0 Å². The number of nitrogens with zero attached hydrogens (tertiary/aromatic N) is 4. The Morgan fingerprint density at radius 3 is 2.54 bits per heavy atom. The van der Waals surface area contributed by atoms with E-state index in [0.29, 0.717) is 12.4 Å². The van der Waals surface area contributed by atoms with Crippen molar-refractivity contribution in [3.8, 4) is 0 Å². The van der Waals surface area contributed by atoms with Crippen LogP contribution in [0.1, 0.15) is 18.9 Å². The number of carbonyl (C=O) groups is 2. The van der Waals surface area contributed by atoms with Gasteiger partial charge < -0.3 is 9.64 Å². The molecule has 0 aliphatic carbocycles. The number of aliphatic imine (C=N–C) groups is 1. The van der Waals surface area contributed by atoms with Gasteiger partial charge in [0, 0.05) is 14.1 Å². The maximum Gasteiger partial charge on any atom is 0.332 e. The number of benzene rings is 1. The van der Waals surface area contributed by atoms with E-state index < -0.39 is 11.9 Å². The maximum absolute atomic E-state index is 12.6. The molecular weight excluding hydrogens is 308 g/mol. The molecule has 0 saturated heterocycles. The lowest BCUT2D eigenvalue weighted by atomic mass is 10.1. The Kier molecular flexibility index (Phi) is 5.47. The van der Waals surface area contributed by atoms with Crippen molar-refractivity contribution in [2.75, 3.05) is 21.2 Å². The lowest BCUT2D eigenvalue weighted by molar-refractivity contribution is -0.135. The fraction of sp³-hybridized carbons (Fsp3) is 0.294. The molecule has 7 nitrogen and oxygen atoms in total. The zero-order valence-electron chi connectivity index (χ0n) is 14.2. The number of ether oxygens (including phenoxy) is 1. The zero-order chi connectivity index (χ0) is 17.7. The molecule has 1 aromatic rings. The van der Waals surface area contributed by atoms with E-state index >= 15 is 0 Å². The summed E-state index contributed by atoms with van der Waals surface area (Å²) < 4.78 is 4.56. The topological polar surface area (TPSA) is 74.6 Å². The Balaban J connectivity index is 2.43. The minimum absolute atomic E-state index is 0.00202. The summed E-state index contributed by atoms with van der Waals surface area (Å²) in [6.45, 7) is 1.96. The molecule has 1 aromatic carbocycles. The van der Waals surface area contributed by atoms with E-state index in [1.54, 1.807) is 19.0 Å². The third-order valence-corrected chi connectivity index (χ3v) is 3.34. The van der Waals surface area contributed by atoms with Gasteiger partial charge in [-0.2, -0.15) is 10.1 Å². The van der Waals surface area contributed by atoms with Crippen LogP contribution in [0.25, 0.3) is 0 Å². The molecule has 7 heteroatoms. The van der Waals surface area contributed by atoms with Crippen LogP contribution in [0, 0.1) is 0 Å². The van der Waals surface area contributed by atoms with Gasteiger partial charge in [-0.1, -0.05) is 37.3 Å². The Morgan fingerprint density at radius 2 is 2.00 bits per heavy atom. The minimum Gasteiger partial charge on any atom is -0.466 e.